The number of carbonyl (C=O) groups excluding carboxylic acids is 1. The molecule has 4 heteroatoms. The Balaban J connectivity index is 1.63. The van der Waals surface area contributed by atoms with Crippen molar-refractivity contribution in [3.63, 3.8) is 0 Å². The topological polar surface area (TPSA) is 43.8 Å². The summed E-state index contributed by atoms with van der Waals surface area (Å²) in [6.07, 6.45) is 3.11. The summed E-state index contributed by atoms with van der Waals surface area (Å²) in [7, 11) is 0. The van der Waals surface area contributed by atoms with Crippen LogP contribution in [0.3, 0.4) is 0 Å². The first-order valence-electron chi connectivity index (χ1n) is 9.88. The molecule has 0 bridgehead atoms. The smallest absolute Gasteiger partial charge is 0.237 e. The monoisotopic (exact) mass is 378 g/mol. The van der Waals surface area contributed by atoms with E-state index in [2.05, 4.69) is 43.9 Å². The summed E-state index contributed by atoms with van der Waals surface area (Å²) >= 11 is 0. The van der Waals surface area contributed by atoms with Crippen LogP contribution < -0.4 is 0 Å². The number of phenols is 1. The largest absolute Gasteiger partial charge is 0.508 e. The van der Waals surface area contributed by atoms with E-state index in [0.29, 0.717) is 13.1 Å². The van der Waals surface area contributed by atoms with Gasteiger partial charge in [0.25, 0.3) is 0 Å². The third-order valence-corrected chi connectivity index (χ3v) is 5.18. The highest BCUT2D eigenvalue weighted by atomic mass is 16.3. The van der Waals surface area contributed by atoms with Crippen LogP contribution in [-0.4, -0.2) is 46.0 Å². The average Bonchev–Trinajstić information content (AvgIpc) is 2.67. The minimum atomic E-state index is -0.226. The molecule has 2 aromatic rings. The number of benzene rings is 2. The number of rotatable bonds is 5. The molecule has 0 fully saturated rings. The lowest BCUT2D eigenvalue weighted by Crippen LogP contribution is -2.49. The fraction of sp³-hybridized carbons (Fsp3) is 0.375. The summed E-state index contributed by atoms with van der Waals surface area (Å²) in [6, 6.07) is 17.5. The van der Waals surface area contributed by atoms with Crippen LogP contribution in [0.25, 0.3) is 5.57 Å². The second-order valence-electron chi connectivity index (χ2n) is 8.40. The fourth-order valence-corrected chi connectivity index (χ4v) is 3.53. The van der Waals surface area contributed by atoms with Crippen molar-refractivity contribution in [2.45, 2.75) is 39.3 Å². The first kappa shape index (κ1) is 20.2. The summed E-state index contributed by atoms with van der Waals surface area (Å²) in [5, 5.41) is 9.45. The van der Waals surface area contributed by atoms with Gasteiger partial charge in [0, 0.05) is 25.2 Å². The minimum Gasteiger partial charge on any atom is -0.508 e. The molecule has 2 aromatic carbocycles. The lowest BCUT2D eigenvalue weighted by Gasteiger charge is -2.38. The van der Waals surface area contributed by atoms with Crippen molar-refractivity contribution in [1.29, 1.82) is 0 Å². The van der Waals surface area contributed by atoms with Crippen LogP contribution in [0.1, 0.15) is 38.3 Å². The van der Waals surface area contributed by atoms with Gasteiger partial charge in [-0.25, -0.2) is 0 Å². The van der Waals surface area contributed by atoms with E-state index in [-0.39, 0.29) is 17.2 Å². The van der Waals surface area contributed by atoms with Gasteiger partial charge in [0.05, 0.1) is 6.54 Å². The van der Waals surface area contributed by atoms with E-state index in [0.717, 1.165) is 30.6 Å². The predicted octanol–water partition coefficient (Wildman–Crippen LogP) is 4.31. The van der Waals surface area contributed by atoms with Crippen LogP contribution in [0.15, 0.2) is 60.7 Å². The van der Waals surface area contributed by atoms with Gasteiger partial charge in [-0.1, -0.05) is 48.5 Å². The van der Waals surface area contributed by atoms with E-state index in [1.54, 1.807) is 12.1 Å². The van der Waals surface area contributed by atoms with Crippen molar-refractivity contribution in [3.8, 4) is 5.75 Å². The molecule has 0 atom stereocenters. The number of nitrogens with zero attached hydrogens (tertiary/aromatic N) is 2. The molecule has 0 radical (unpaired) electrons. The van der Waals surface area contributed by atoms with Crippen molar-refractivity contribution >= 4 is 11.5 Å². The molecule has 0 spiro atoms. The molecule has 0 aliphatic carbocycles. The zero-order valence-corrected chi connectivity index (χ0v) is 17.1. The van der Waals surface area contributed by atoms with E-state index in [4.69, 9.17) is 0 Å². The molecule has 3 rings (SSSR count). The molecule has 0 saturated heterocycles. The second-order valence-corrected chi connectivity index (χ2v) is 8.40. The van der Waals surface area contributed by atoms with Crippen LogP contribution >= 0.6 is 0 Å². The molecular formula is C24H30N2O2. The van der Waals surface area contributed by atoms with Crippen LogP contribution in [0.5, 0.6) is 5.75 Å². The van der Waals surface area contributed by atoms with Crippen molar-refractivity contribution in [2.75, 3.05) is 19.6 Å². The fourth-order valence-electron chi connectivity index (χ4n) is 3.53. The Morgan fingerprint density at radius 3 is 2.32 bits per heavy atom. The van der Waals surface area contributed by atoms with Gasteiger partial charge >= 0.3 is 0 Å². The number of phenolic OH excluding ortho intramolecular Hbond substituents is 1. The van der Waals surface area contributed by atoms with Crippen LogP contribution in [0, 0.1) is 0 Å². The molecule has 1 N–H and O–H groups in total. The molecule has 1 aliphatic heterocycles. The van der Waals surface area contributed by atoms with Gasteiger partial charge in [-0.2, -0.15) is 0 Å². The van der Waals surface area contributed by atoms with Crippen molar-refractivity contribution in [3.05, 3.63) is 71.8 Å². The maximum atomic E-state index is 13.1. The lowest BCUT2D eigenvalue weighted by atomic mass is 9.99. The van der Waals surface area contributed by atoms with Gasteiger partial charge in [0.2, 0.25) is 5.91 Å². The highest BCUT2D eigenvalue weighted by Gasteiger charge is 2.28. The second kappa shape index (κ2) is 8.61. The number of hydrogen-bond acceptors (Lipinski definition) is 3. The van der Waals surface area contributed by atoms with Crippen LogP contribution in [0.2, 0.25) is 0 Å². The van der Waals surface area contributed by atoms with Gasteiger partial charge in [-0.3, -0.25) is 9.69 Å². The molecule has 4 nitrogen and oxygen atoms in total. The van der Waals surface area contributed by atoms with E-state index in [9.17, 15) is 9.90 Å². The molecule has 148 valence electrons. The Morgan fingerprint density at radius 2 is 1.75 bits per heavy atom. The summed E-state index contributed by atoms with van der Waals surface area (Å²) in [6.45, 7) is 8.97. The lowest BCUT2D eigenvalue weighted by molar-refractivity contribution is -0.138. The van der Waals surface area contributed by atoms with E-state index in [1.807, 2.05) is 35.2 Å². The highest BCUT2D eigenvalue weighted by molar-refractivity contribution is 5.79. The maximum Gasteiger partial charge on any atom is 0.237 e. The molecule has 1 aliphatic rings. The third kappa shape index (κ3) is 5.23. The molecule has 0 saturated carbocycles. The number of hydrogen-bond donors (Lipinski definition) is 1. The van der Waals surface area contributed by atoms with E-state index in [1.165, 1.54) is 5.57 Å². The number of amides is 1. The quantitative estimate of drug-likeness (QED) is 0.843. The number of aromatic hydroxyl groups is 1. The Labute approximate surface area is 168 Å². The van der Waals surface area contributed by atoms with Gasteiger partial charge in [0.1, 0.15) is 5.75 Å². The molecular weight excluding hydrogens is 348 g/mol. The molecule has 1 heterocycles. The van der Waals surface area contributed by atoms with Gasteiger partial charge in [-0.05, 0) is 56.0 Å². The van der Waals surface area contributed by atoms with Crippen LogP contribution in [0.4, 0.5) is 0 Å². The normalized spacial score (nSPS) is 15.2. The Hall–Kier alpha value is -2.59. The predicted molar refractivity (Wildman–Crippen MR) is 114 cm³/mol. The Kier molecular flexibility index (Phi) is 6.20. The molecule has 1 amide bonds. The average molecular weight is 379 g/mol. The minimum absolute atomic E-state index is 0.165. The summed E-state index contributed by atoms with van der Waals surface area (Å²) in [4.78, 5) is 17.3. The van der Waals surface area contributed by atoms with Crippen molar-refractivity contribution in [2.24, 2.45) is 0 Å². The third-order valence-electron chi connectivity index (χ3n) is 5.18. The summed E-state index contributed by atoms with van der Waals surface area (Å²) in [5.41, 5.74) is 3.35. The summed E-state index contributed by atoms with van der Waals surface area (Å²) < 4.78 is 0. The Morgan fingerprint density at radius 1 is 1.07 bits per heavy atom. The standard InChI is InChI=1S/C24H30N2O2/c1-24(2,3)26(17-19-7-5-4-6-8-19)23(28)18-25-15-13-21(14-16-25)20-9-11-22(27)12-10-20/h4-13,27H,14-18H2,1-3H3. The molecule has 0 aromatic heterocycles. The zero-order valence-electron chi connectivity index (χ0n) is 17.1. The highest BCUT2D eigenvalue weighted by Crippen LogP contribution is 2.24. The van der Waals surface area contributed by atoms with E-state index >= 15 is 0 Å². The molecule has 28 heavy (non-hydrogen) atoms. The first-order valence-corrected chi connectivity index (χ1v) is 9.88. The summed E-state index contributed by atoms with van der Waals surface area (Å²) in [5.74, 6) is 0.450. The van der Waals surface area contributed by atoms with Crippen molar-refractivity contribution < 1.29 is 9.90 Å². The van der Waals surface area contributed by atoms with Crippen LogP contribution in [-0.2, 0) is 11.3 Å². The van der Waals surface area contributed by atoms with Gasteiger partial charge in [0.15, 0.2) is 0 Å². The Bertz CT molecular complexity index is 820. The number of carbonyl (C=O) groups is 1. The van der Waals surface area contributed by atoms with Crippen molar-refractivity contribution in [1.82, 2.24) is 9.80 Å². The zero-order chi connectivity index (χ0) is 20.1. The van der Waals surface area contributed by atoms with Gasteiger partial charge < -0.3 is 10.0 Å². The first-order chi connectivity index (χ1) is 13.3. The molecule has 0 unspecified atom stereocenters. The maximum absolute atomic E-state index is 13.1. The SMILES string of the molecule is CC(C)(C)N(Cc1ccccc1)C(=O)CN1CC=C(c2ccc(O)cc2)CC1. The van der Waals surface area contributed by atoms with E-state index < -0.39 is 0 Å². The van der Waals surface area contributed by atoms with Gasteiger partial charge in [-0.15, -0.1) is 0 Å².